The van der Waals surface area contributed by atoms with Gasteiger partial charge in [-0.2, -0.15) is 13.2 Å². The number of carbonyl (C=O) groups is 1. The predicted octanol–water partition coefficient (Wildman–Crippen LogP) is 5.64. The van der Waals surface area contributed by atoms with E-state index in [1.807, 2.05) is 0 Å². The molecule has 0 aliphatic rings. The second-order valence-corrected chi connectivity index (χ2v) is 5.61. The Morgan fingerprint density at radius 1 is 1.08 bits per heavy atom. The van der Waals surface area contributed by atoms with Crippen molar-refractivity contribution < 1.29 is 27.4 Å². The lowest BCUT2D eigenvalue weighted by atomic mass is 10.2. The van der Waals surface area contributed by atoms with E-state index < -0.39 is 17.8 Å². The molecule has 0 fully saturated rings. The number of hydrogen-bond donors (Lipinski definition) is 1. The second kappa shape index (κ2) is 8.31. The van der Waals surface area contributed by atoms with Crippen molar-refractivity contribution in [3.63, 3.8) is 0 Å². The molecule has 0 aromatic heterocycles. The topological polar surface area (TPSA) is 47.6 Å². The summed E-state index contributed by atoms with van der Waals surface area (Å²) >= 11 is 11.7. The Labute approximate surface area is 151 Å². The molecule has 0 radical (unpaired) electrons. The number of benzene rings is 2. The van der Waals surface area contributed by atoms with Crippen LogP contribution in [0.4, 0.5) is 23.7 Å². The normalized spacial score (nSPS) is 11.1. The predicted molar refractivity (Wildman–Crippen MR) is 88.4 cm³/mol. The zero-order valence-electron chi connectivity index (χ0n) is 12.6. The molecule has 2 rings (SSSR count). The van der Waals surface area contributed by atoms with Gasteiger partial charge in [0.2, 0.25) is 0 Å². The van der Waals surface area contributed by atoms with Crippen LogP contribution in [0.15, 0.2) is 42.5 Å². The van der Waals surface area contributed by atoms with Crippen molar-refractivity contribution in [2.75, 3.05) is 18.5 Å². The number of ether oxygens (including phenoxy) is 2. The smallest absolute Gasteiger partial charge is 0.416 e. The van der Waals surface area contributed by atoms with Gasteiger partial charge in [-0.15, -0.1) is 0 Å². The van der Waals surface area contributed by atoms with Crippen molar-refractivity contribution in [1.29, 1.82) is 0 Å². The van der Waals surface area contributed by atoms with E-state index in [-0.39, 0.29) is 18.9 Å². The van der Waals surface area contributed by atoms with Crippen molar-refractivity contribution in [2.24, 2.45) is 0 Å². The van der Waals surface area contributed by atoms with Crippen LogP contribution in [0.1, 0.15) is 5.56 Å². The summed E-state index contributed by atoms with van der Waals surface area (Å²) in [5.74, 6) is 0.368. The van der Waals surface area contributed by atoms with E-state index in [2.05, 4.69) is 5.32 Å². The van der Waals surface area contributed by atoms with E-state index in [9.17, 15) is 18.0 Å². The molecule has 2 aromatic rings. The fraction of sp³-hybridized carbons (Fsp3) is 0.188. The first-order chi connectivity index (χ1) is 11.8. The SMILES string of the molecule is O=C(Nc1cccc(C(F)(F)F)c1)OCCOc1ccc(Cl)cc1Cl. The van der Waals surface area contributed by atoms with Crippen molar-refractivity contribution in [1.82, 2.24) is 0 Å². The Morgan fingerprint density at radius 3 is 2.52 bits per heavy atom. The van der Waals surface area contributed by atoms with Crippen LogP contribution in [0, 0.1) is 0 Å². The van der Waals surface area contributed by atoms with E-state index in [4.69, 9.17) is 32.7 Å². The third-order valence-electron chi connectivity index (χ3n) is 2.90. The lowest BCUT2D eigenvalue weighted by Gasteiger charge is -2.11. The molecule has 9 heteroatoms. The summed E-state index contributed by atoms with van der Waals surface area (Å²) in [7, 11) is 0. The molecule has 0 spiro atoms. The Morgan fingerprint density at radius 2 is 1.84 bits per heavy atom. The average Bonchev–Trinajstić information content (AvgIpc) is 2.52. The van der Waals surface area contributed by atoms with Crippen LogP contribution < -0.4 is 10.1 Å². The van der Waals surface area contributed by atoms with Crippen molar-refractivity contribution in [2.45, 2.75) is 6.18 Å². The molecule has 1 amide bonds. The Bertz CT molecular complexity index is 754. The fourth-order valence-corrected chi connectivity index (χ4v) is 2.27. The van der Waals surface area contributed by atoms with Gasteiger partial charge >= 0.3 is 12.3 Å². The van der Waals surface area contributed by atoms with Gasteiger partial charge in [0.15, 0.2) is 0 Å². The maximum Gasteiger partial charge on any atom is 0.416 e. The average molecular weight is 394 g/mol. The zero-order chi connectivity index (χ0) is 18.4. The minimum Gasteiger partial charge on any atom is -0.488 e. The van der Waals surface area contributed by atoms with Crippen LogP contribution in [0.3, 0.4) is 0 Å². The first kappa shape index (κ1) is 19.2. The Kier molecular flexibility index (Phi) is 6.39. The summed E-state index contributed by atoms with van der Waals surface area (Å²) in [4.78, 5) is 11.6. The van der Waals surface area contributed by atoms with Crippen molar-refractivity contribution in [3.8, 4) is 5.75 Å². The highest BCUT2D eigenvalue weighted by atomic mass is 35.5. The van der Waals surface area contributed by atoms with Gasteiger partial charge in [0.05, 0.1) is 10.6 Å². The van der Waals surface area contributed by atoms with Crippen LogP contribution >= 0.6 is 23.2 Å². The number of hydrogen-bond acceptors (Lipinski definition) is 3. The first-order valence-corrected chi connectivity index (χ1v) is 7.70. The van der Waals surface area contributed by atoms with E-state index in [0.29, 0.717) is 15.8 Å². The minimum atomic E-state index is -4.49. The standard InChI is InChI=1S/C16H12Cl2F3NO3/c17-11-4-5-14(13(18)9-11)24-6-7-25-15(23)22-12-3-1-2-10(8-12)16(19,20)21/h1-5,8-9H,6-7H2,(H,22,23). The van der Waals surface area contributed by atoms with Crippen LogP contribution in [0.5, 0.6) is 5.75 Å². The lowest BCUT2D eigenvalue weighted by Crippen LogP contribution is -2.18. The summed E-state index contributed by atoms with van der Waals surface area (Å²) in [6.45, 7) is -0.110. The van der Waals surface area contributed by atoms with Crippen molar-refractivity contribution in [3.05, 3.63) is 58.1 Å². The Balaban J connectivity index is 1.79. The minimum absolute atomic E-state index is 0.0113. The highest BCUT2D eigenvalue weighted by Gasteiger charge is 2.30. The van der Waals surface area contributed by atoms with E-state index >= 15 is 0 Å². The summed E-state index contributed by atoms with van der Waals surface area (Å²) in [6, 6.07) is 8.87. The van der Waals surface area contributed by atoms with E-state index in [1.54, 1.807) is 12.1 Å². The van der Waals surface area contributed by atoms with Gasteiger partial charge in [-0.1, -0.05) is 29.3 Å². The molecule has 0 aliphatic heterocycles. The molecule has 4 nitrogen and oxygen atoms in total. The number of alkyl halides is 3. The molecular formula is C16H12Cl2F3NO3. The van der Waals surface area contributed by atoms with E-state index in [0.717, 1.165) is 12.1 Å². The molecule has 25 heavy (non-hydrogen) atoms. The molecule has 0 bridgehead atoms. The van der Waals surface area contributed by atoms with Crippen LogP contribution in [-0.2, 0) is 10.9 Å². The van der Waals surface area contributed by atoms with Gasteiger partial charge in [0.25, 0.3) is 0 Å². The van der Waals surface area contributed by atoms with Gasteiger partial charge in [0, 0.05) is 10.7 Å². The second-order valence-electron chi connectivity index (χ2n) is 4.76. The van der Waals surface area contributed by atoms with Gasteiger partial charge in [-0.25, -0.2) is 4.79 Å². The third-order valence-corrected chi connectivity index (χ3v) is 3.43. The molecule has 0 saturated carbocycles. The lowest BCUT2D eigenvalue weighted by molar-refractivity contribution is -0.137. The number of nitrogens with one attached hydrogen (secondary N) is 1. The summed E-state index contributed by atoms with van der Waals surface area (Å²) in [6.07, 6.45) is -5.39. The number of anilines is 1. The number of rotatable bonds is 5. The molecule has 134 valence electrons. The maximum atomic E-state index is 12.6. The Hall–Kier alpha value is -2.12. The van der Waals surface area contributed by atoms with Gasteiger partial charge in [-0.05, 0) is 36.4 Å². The molecule has 0 aliphatic carbocycles. The van der Waals surface area contributed by atoms with Gasteiger partial charge in [-0.3, -0.25) is 5.32 Å². The quantitative estimate of drug-likeness (QED) is 0.668. The summed E-state index contributed by atoms with van der Waals surface area (Å²) < 4.78 is 47.9. The molecule has 0 heterocycles. The van der Waals surface area contributed by atoms with Gasteiger partial charge in [0.1, 0.15) is 19.0 Å². The summed E-state index contributed by atoms with van der Waals surface area (Å²) in [5, 5.41) is 2.97. The third kappa shape index (κ3) is 6.03. The number of amides is 1. The molecule has 0 unspecified atom stereocenters. The first-order valence-electron chi connectivity index (χ1n) is 6.94. The monoisotopic (exact) mass is 393 g/mol. The molecule has 2 aromatic carbocycles. The largest absolute Gasteiger partial charge is 0.488 e. The zero-order valence-corrected chi connectivity index (χ0v) is 14.1. The van der Waals surface area contributed by atoms with Crippen LogP contribution in [0.25, 0.3) is 0 Å². The van der Waals surface area contributed by atoms with Gasteiger partial charge < -0.3 is 9.47 Å². The molecule has 0 saturated heterocycles. The molecule has 0 atom stereocenters. The highest BCUT2D eigenvalue weighted by Crippen LogP contribution is 2.30. The summed E-state index contributed by atoms with van der Waals surface area (Å²) in [5.41, 5.74) is -0.896. The molecular weight excluding hydrogens is 382 g/mol. The van der Waals surface area contributed by atoms with Crippen LogP contribution in [-0.4, -0.2) is 19.3 Å². The van der Waals surface area contributed by atoms with Crippen LogP contribution in [0.2, 0.25) is 10.0 Å². The van der Waals surface area contributed by atoms with Crippen molar-refractivity contribution >= 4 is 35.0 Å². The fourth-order valence-electron chi connectivity index (χ4n) is 1.81. The number of carbonyl (C=O) groups excluding carboxylic acids is 1. The number of halogens is 5. The highest BCUT2D eigenvalue weighted by molar-refractivity contribution is 6.35. The maximum absolute atomic E-state index is 12.6. The molecule has 1 N–H and O–H groups in total. The van der Waals surface area contributed by atoms with E-state index in [1.165, 1.54) is 18.2 Å².